The van der Waals surface area contributed by atoms with E-state index in [9.17, 15) is 4.39 Å². The maximum atomic E-state index is 13.3. The van der Waals surface area contributed by atoms with Crippen LogP contribution in [0.25, 0.3) is 11.3 Å². The Morgan fingerprint density at radius 3 is 2.59 bits per heavy atom. The van der Waals surface area contributed by atoms with Crippen LogP contribution in [0.4, 0.5) is 15.8 Å². The summed E-state index contributed by atoms with van der Waals surface area (Å²) in [5, 5.41) is 3.19. The predicted molar refractivity (Wildman–Crippen MR) is 86.6 cm³/mol. The Kier molecular flexibility index (Phi) is 3.83. The highest BCUT2D eigenvalue weighted by Gasteiger charge is 2.09. The molecule has 0 aliphatic rings. The number of benzene rings is 2. The molecule has 0 amide bonds. The zero-order valence-electron chi connectivity index (χ0n) is 12.5. The number of hydrogen-bond acceptors (Lipinski definition) is 3. The van der Waals surface area contributed by atoms with Crippen LogP contribution in [0.5, 0.6) is 0 Å². The van der Waals surface area contributed by atoms with Crippen LogP contribution in [0.15, 0.2) is 54.7 Å². The van der Waals surface area contributed by atoms with Crippen molar-refractivity contribution < 1.29 is 4.39 Å². The highest BCUT2D eigenvalue weighted by Crippen LogP contribution is 2.28. The molecule has 4 heteroatoms. The van der Waals surface area contributed by atoms with Gasteiger partial charge in [-0.3, -0.25) is 0 Å². The molecule has 0 fully saturated rings. The molecule has 1 heterocycles. The largest absolute Gasteiger partial charge is 0.352 e. The second kappa shape index (κ2) is 5.93. The van der Waals surface area contributed by atoms with Crippen LogP contribution in [0.2, 0.25) is 0 Å². The van der Waals surface area contributed by atoms with Crippen LogP contribution >= 0.6 is 0 Å². The number of nitrogens with zero attached hydrogens (tertiary/aromatic N) is 2. The third-order valence-corrected chi connectivity index (χ3v) is 3.30. The van der Waals surface area contributed by atoms with Crippen LogP contribution in [-0.4, -0.2) is 9.97 Å². The van der Waals surface area contributed by atoms with E-state index in [2.05, 4.69) is 21.4 Å². The molecule has 22 heavy (non-hydrogen) atoms. The fourth-order valence-corrected chi connectivity index (χ4v) is 2.30. The summed E-state index contributed by atoms with van der Waals surface area (Å²) < 4.78 is 13.3. The molecule has 2 aromatic carbocycles. The summed E-state index contributed by atoms with van der Waals surface area (Å²) in [4.78, 5) is 8.77. The third-order valence-electron chi connectivity index (χ3n) is 3.30. The average Bonchev–Trinajstić information content (AvgIpc) is 2.49. The van der Waals surface area contributed by atoms with Crippen molar-refractivity contribution in [1.29, 1.82) is 0 Å². The summed E-state index contributed by atoms with van der Waals surface area (Å²) in [6.45, 7) is 3.89. The van der Waals surface area contributed by atoms with Crippen LogP contribution in [0, 0.1) is 19.7 Å². The molecule has 1 N–H and O–H groups in total. The zero-order chi connectivity index (χ0) is 15.5. The third kappa shape index (κ3) is 3.11. The maximum absolute atomic E-state index is 13.3. The summed E-state index contributed by atoms with van der Waals surface area (Å²) in [7, 11) is 0. The van der Waals surface area contributed by atoms with E-state index in [0.29, 0.717) is 11.5 Å². The summed E-state index contributed by atoms with van der Waals surface area (Å²) in [6.07, 6.45) is 1.73. The van der Waals surface area contributed by atoms with Crippen LogP contribution in [-0.2, 0) is 0 Å². The van der Waals surface area contributed by atoms with Crippen molar-refractivity contribution in [3.05, 3.63) is 71.9 Å². The van der Waals surface area contributed by atoms with Crippen molar-refractivity contribution in [2.45, 2.75) is 13.8 Å². The van der Waals surface area contributed by atoms with E-state index in [0.717, 1.165) is 22.5 Å². The lowest BCUT2D eigenvalue weighted by Crippen LogP contribution is -1.99. The monoisotopic (exact) mass is 293 g/mol. The van der Waals surface area contributed by atoms with E-state index in [1.165, 1.54) is 12.1 Å². The molecule has 0 spiro atoms. The van der Waals surface area contributed by atoms with Gasteiger partial charge in [-0.1, -0.05) is 29.8 Å². The van der Waals surface area contributed by atoms with Gasteiger partial charge >= 0.3 is 0 Å². The molecule has 0 radical (unpaired) electrons. The van der Waals surface area contributed by atoms with Gasteiger partial charge in [-0.05, 0) is 38.1 Å². The van der Waals surface area contributed by atoms with Gasteiger partial charge in [0.15, 0.2) is 0 Å². The standard InChI is InChI=1S/C18H16FN3/c1-12-5-3-6-14(9-12)18-17(11-20-13(2)21-18)22-16-8-4-7-15(19)10-16/h3-11,22H,1-2H3. The highest BCUT2D eigenvalue weighted by atomic mass is 19.1. The van der Waals surface area contributed by atoms with Gasteiger partial charge in [-0.25, -0.2) is 14.4 Å². The first-order chi connectivity index (χ1) is 10.6. The van der Waals surface area contributed by atoms with E-state index in [1.807, 2.05) is 38.1 Å². The molecular weight excluding hydrogens is 277 g/mol. The first-order valence-electron chi connectivity index (χ1n) is 7.05. The molecule has 3 aromatic rings. The lowest BCUT2D eigenvalue weighted by molar-refractivity contribution is 0.628. The normalized spacial score (nSPS) is 10.5. The molecule has 0 atom stereocenters. The Hall–Kier alpha value is -2.75. The Morgan fingerprint density at radius 1 is 1.00 bits per heavy atom. The predicted octanol–water partition coefficient (Wildman–Crippen LogP) is 4.64. The van der Waals surface area contributed by atoms with Crippen molar-refractivity contribution in [3.63, 3.8) is 0 Å². The Balaban J connectivity index is 2.05. The van der Waals surface area contributed by atoms with Crippen molar-refractivity contribution in [2.75, 3.05) is 5.32 Å². The molecule has 0 aliphatic carbocycles. The minimum Gasteiger partial charge on any atom is -0.352 e. The molecule has 0 aliphatic heterocycles. The van der Waals surface area contributed by atoms with Crippen LogP contribution in [0.3, 0.4) is 0 Å². The maximum Gasteiger partial charge on any atom is 0.126 e. The van der Waals surface area contributed by atoms with E-state index in [4.69, 9.17) is 0 Å². The van der Waals surface area contributed by atoms with Gasteiger partial charge in [0, 0.05) is 11.3 Å². The molecule has 3 nitrogen and oxygen atoms in total. The SMILES string of the molecule is Cc1cccc(-c2nc(C)ncc2Nc2cccc(F)c2)c1. The van der Waals surface area contributed by atoms with E-state index < -0.39 is 0 Å². The van der Waals surface area contributed by atoms with Gasteiger partial charge < -0.3 is 5.32 Å². The number of nitrogens with one attached hydrogen (secondary N) is 1. The molecule has 110 valence electrons. The topological polar surface area (TPSA) is 37.8 Å². The molecular formula is C18H16FN3. The lowest BCUT2D eigenvalue weighted by atomic mass is 10.1. The van der Waals surface area contributed by atoms with Crippen LogP contribution < -0.4 is 5.32 Å². The summed E-state index contributed by atoms with van der Waals surface area (Å²) in [6, 6.07) is 14.4. The number of halogens is 1. The van der Waals surface area contributed by atoms with Gasteiger partial charge in [0.2, 0.25) is 0 Å². The number of anilines is 2. The number of rotatable bonds is 3. The second-order valence-electron chi connectivity index (χ2n) is 5.18. The van der Waals surface area contributed by atoms with Gasteiger partial charge in [-0.2, -0.15) is 0 Å². The lowest BCUT2D eigenvalue weighted by Gasteiger charge is -2.12. The Bertz CT molecular complexity index is 815. The van der Waals surface area contributed by atoms with Crippen molar-refractivity contribution in [2.24, 2.45) is 0 Å². The molecule has 0 saturated heterocycles. The Morgan fingerprint density at radius 2 is 1.82 bits per heavy atom. The molecule has 0 saturated carbocycles. The fourth-order valence-electron chi connectivity index (χ4n) is 2.30. The van der Waals surface area contributed by atoms with Crippen molar-refractivity contribution in [3.8, 4) is 11.3 Å². The number of aryl methyl sites for hydroxylation is 2. The van der Waals surface area contributed by atoms with Gasteiger partial charge in [0.05, 0.1) is 17.6 Å². The van der Waals surface area contributed by atoms with E-state index >= 15 is 0 Å². The number of hydrogen-bond donors (Lipinski definition) is 1. The average molecular weight is 293 g/mol. The van der Waals surface area contributed by atoms with Gasteiger partial charge in [0.1, 0.15) is 11.6 Å². The molecule has 3 rings (SSSR count). The van der Waals surface area contributed by atoms with Crippen molar-refractivity contribution >= 4 is 11.4 Å². The molecule has 0 bridgehead atoms. The van der Waals surface area contributed by atoms with Crippen LogP contribution in [0.1, 0.15) is 11.4 Å². The van der Waals surface area contributed by atoms with E-state index in [1.54, 1.807) is 12.3 Å². The quantitative estimate of drug-likeness (QED) is 0.764. The highest BCUT2D eigenvalue weighted by molar-refractivity contribution is 5.77. The fraction of sp³-hybridized carbons (Fsp3) is 0.111. The minimum absolute atomic E-state index is 0.282. The Labute approximate surface area is 128 Å². The first-order valence-corrected chi connectivity index (χ1v) is 7.05. The zero-order valence-corrected chi connectivity index (χ0v) is 12.5. The van der Waals surface area contributed by atoms with Gasteiger partial charge in [-0.15, -0.1) is 0 Å². The smallest absolute Gasteiger partial charge is 0.126 e. The van der Waals surface area contributed by atoms with E-state index in [-0.39, 0.29) is 5.82 Å². The number of aromatic nitrogens is 2. The summed E-state index contributed by atoms with van der Waals surface area (Å²) in [5.74, 6) is 0.413. The summed E-state index contributed by atoms with van der Waals surface area (Å²) >= 11 is 0. The first kappa shape index (κ1) is 14.2. The molecule has 0 unspecified atom stereocenters. The second-order valence-corrected chi connectivity index (χ2v) is 5.18. The molecule has 1 aromatic heterocycles. The summed E-state index contributed by atoms with van der Waals surface area (Å²) in [5.41, 5.74) is 4.39. The van der Waals surface area contributed by atoms with Crippen molar-refractivity contribution in [1.82, 2.24) is 9.97 Å². The minimum atomic E-state index is -0.282. The van der Waals surface area contributed by atoms with Gasteiger partial charge in [0.25, 0.3) is 0 Å².